The fourth-order valence-corrected chi connectivity index (χ4v) is 4.06. The Morgan fingerprint density at radius 1 is 1.15 bits per heavy atom. The van der Waals surface area contributed by atoms with Crippen molar-refractivity contribution in [2.24, 2.45) is 5.92 Å². The van der Waals surface area contributed by atoms with Gasteiger partial charge in [-0.25, -0.2) is 0 Å². The molecule has 1 fully saturated rings. The molecular weight excluding hydrogens is 348 g/mol. The van der Waals surface area contributed by atoms with Gasteiger partial charge in [0, 0.05) is 24.0 Å². The topological polar surface area (TPSA) is 80.9 Å². The van der Waals surface area contributed by atoms with Crippen molar-refractivity contribution in [2.45, 2.75) is 68.9 Å². The Balaban J connectivity index is 1.64. The molecule has 0 radical (unpaired) electrons. The van der Waals surface area contributed by atoms with Crippen molar-refractivity contribution in [1.82, 2.24) is 20.5 Å². The van der Waals surface area contributed by atoms with Crippen molar-refractivity contribution in [3.63, 3.8) is 0 Å². The Hall–Kier alpha value is -1.89. The fourth-order valence-electron chi connectivity index (χ4n) is 3.18. The number of pyridine rings is 1. The molecule has 26 heavy (non-hydrogen) atoms. The molecule has 1 aliphatic carbocycles. The van der Waals surface area contributed by atoms with Crippen LogP contribution in [0, 0.1) is 5.92 Å². The molecular formula is C19H26N4O2S. The van der Waals surface area contributed by atoms with Gasteiger partial charge in [0.25, 0.3) is 5.22 Å². The Kier molecular flexibility index (Phi) is 6.66. The predicted octanol–water partition coefficient (Wildman–Crippen LogP) is 4.09. The summed E-state index contributed by atoms with van der Waals surface area (Å²) in [5, 5.41) is 11.6. The van der Waals surface area contributed by atoms with Gasteiger partial charge in [-0.1, -0.05) is 51.3 Å². The molecule has 0 saturated heterocycles. The number of carbonyl (C=O) groups is 1. The van der Waals surface area contributed by atoms with Crippen LogP contribution in [0.5, 0.6) is 0 Å². The maximum absolute atomic E-state index is 12.8. The highest BCUT2D eigenvalue weighted by Gasteiger charge is 2.28. The molecule has 0 bridgehead atoms. The molecule has 2 heterocycles. The zero-order chi connectivity index (χ0) is 18.4. The number of carbonyl (C=O) groups excluding carboxylic acids is 1. The Labute approximate surface area is 158 Å². The number of thioether (sulfide) groups is 1. The van der Waals surface area contributed by atoms with Crippen molar-refractivity contribution >= 4 is 17.7 Å². The van der Waals surface area contributed by atoms with E-state index in [0.29, 0.717) is 17.2 Å². The zero-order valence-electron chi connectivity index (χ0n) is 15.4. The summed E-state index contributed by atoms with van der Waals surface area (Å²) in [4.78, 5) is 16.8. The largest absolute Gasteiger partial charge is 0.411 e. The lowest BCUT2D eigenvalue weighted by Gasteiger charge is -2.22. The molecule has 1 atom stereocenters. The van der Waals surface area contributed by atoms with Gasteiger partial charge in [-0.05, 0) is 30.9 Å². The van der Waals surface area contributed by atoms with Gasteiger partial charge < -0.3 is 9.73 Å². The summed E-state index contributed by atoms with van der Waals surface area (Å²) in [5.41, 5.74) is 0.823. The highest BCUT2D eigenvalue weighted by atomic mass is 32.2. The van der Waals surface area contributed by atoms with E-state index in [9.17, 15) is 4.79 Å². The minimum atomic E-state index is -0.246. The van der Waals surface area contributed by atoms with Crippen LogP contribution in [0.15, 0.2) is 34.2 Å². The summed E-state index contributed by atoms with van der Waals surface area (Å²) in [7, 11) is 0. The first-order valence-corrected chi connectivity index (χ1v) is 10.2. The first-order valence-electron chi connectivity index (χ1n) is 9.34. The monoisotopic (exact) mass is 374 g/mol. The van der Waals surface area contributed by atoms with Gasteiger partial charge in [-0.2, -0.15) is 0 Å². The van der Waals surface area contributed by atoms with Crippen molar-refractivity contribution in [2.75, 3.05) is 0 Å². The van der Waals surface area contributed by atoms with Crippen molar-refractivity contribution in [3.05, 3.63) is 24.5 Å². The highest BCUT2D eigenvalue weighted by molar-refractivity contribution is 8.00. The van der Waals surface area contributed by atoms with E-state index in [0.717, 1.165) is 18.4 Å². The van der Waals surface area contributed by atoms with Crippen LogP contribution < -0.4 is 5.32 Å². The minimum absolute atomic E-state index is 0.0700. The van der Waals surface area contributed by atoms with Crippen molar-refractivity contribution in [1.29, 1.82) is 0 Å². The molecule has 1 saturated carbocycles. The number of nitrogens with one attached hydrogen (secondary N) is 1. The highest BCUT2D eigenvalue weighted by Crippen LogP contribution is 2.30. The van der Waals surface area contributed by atoms with Gasteiger partial charge >= 0.3 is 0 Å². The van der Waals surface area contributed by atoms with Crippen LogP contribution in [0.3, 0.4) is 0 Å². The van der Waals surface area contributed by atoms with Crippen LogP contribution in [0.2, 0.25) is 0 Å². The molecule has 140 valence electrons. The number of nitrogens with zero attached hydrogens (tertiary/aromatic N) is 3. The molecule has 2 aromatic rings. The van der Waals surface area contributed by atoms with E-state index >= 15 is 0 Å². The van der Waals surface area contributed by atoms with Gasteiger partial charge in [0.15, 0.2) is 0 Å². The molecule has 7 heteroatoms. The van der Waals surface area contributed by atoms with E-state index in [-0.39, 0.29) is 17.1 Å². The first kappa shape index (κ1) is 18.9. The Morgan fingerprint density at radius 3 is 2.50 bits per heavy atom. The number of aromatic nitrogens is 3. The van der Waals surface area contributed by atoms with E-state index < -0.39 is 0 Å². The lowest BCUT2D eigenvalue weighted by molar-refractivity contribution is -0.122. The summed E-state index contributed by atoms with van der Waals surface area (Å²) in [6.07, 6.45) is 10.5. The number of hydrogen-bond donors (Lipinski definition) is 1. The molecule has 1 aliphatic rings. The maximum atomic E-state index is 12.8. The second-order valence-electron chi connectivity index (χ2n) is 7.09. The second kappa shape index (κ2) is 9.16. The summed E-state index contributed by atoms with van der Waals surface area (Å²) in [6.45, 7) is 4.09. The number of amides is 1. The molecule has 1 unspecified atom stereocenters. The summed E-state index contributed by atoms with van der Waals surface area (Å²) in [5.74, 6) is 0.684. The molecule has 3 rings (SSSR count). The van der Waals surface area contributed by atoms with Crippen molar-refractivity contribution in [3.8, 4) is 11.5 Å². The van der Waals surface area contributed by atoms with E-state index in [1.165, 1.54) is 37.4 Å². The Morgan fingerprint density at radius 2 is 1.85 bits per heavy atom. The average molecular weight is 375 g/mol. The molecule has 6 nitrogen and oxygen atoms in total. The standard InChI is InChI=1S/C19H26N4O2S/c1-13(2)16(17(24)21-15-7-5-3-4-6-8-15)26-19-23-22-18(25-19)14-9-11-20-12-10-14/h9-13,15-16H,3-8H2,1-2H3,(H,21,24). The zero-order valence-corrected chi connectivity index (χ0v) is 16.2. The molecule has 1 N–H and O–H groups in total. The first-order chi connectivity index (χ1) is 12.6. The normalized spacial score (nSPS) is 17.0. The van der Waals surface area contributed by atoms with Gasteiger partial charge in [-0.15, -0.1) is 10.2 Å². The van der Waals surface area contributed by atoms with E-state index in [4.69, 9.17) is 4.42 Å². The predicted molar refractivity (Wildman–Crippen MR) is 102 cm³/mol. The van der Waals surface area contributed by atoms with E-state index in [2.05, 4.69) is 20.5 Å². The lowest BCUT2D eigenvalue weighted by Crippen LogP contribution is -2.41. The van der Waals surface area contributed by atoms with Crippen LogP contribution >= 0.6 is 11.8 Å². The maximum Gasteiger partial charge on any atom is 0.277 e. The average Bonchev–Trinajstić information content (AvgIpc) is 2.97. The summed E-state index contributed by atoms with van der Waals surface area (Å²) in [6, 6.07) is 3.93. The van der Waals surface area contributed by atoms with Gasteiger partial charge in [0.2, 0.25) is 11.8 Å². The molecule has 0 spiro atoms. The van der Waals surface area contributed by atoms with Crippen LogP contribution in [-0.4, -0.2) is 32.4 Å². The van der Waals surface area contributed by atoms with E-state index in [1.54, 1.807) is 12.4 Å². The van der Waals surface area contributed by atoms with E-state index in [1.807, 2.05) is 26.0 Å². The smallest absolute Gasteiger partial charge is 0.277 e. The second-order valence-corrected chi connectivity index (χ2v) is 8.18. The summed E-state index contributed by atoms with van der Waals surface area (Å²) < 4.78 is 5.74. The van der Waals surface area contributed by atoms with Crippen LogP contribution in [-0.2, 0) is 4.79 Å². The van der Waals surface area contributed by atoms with Gasteiger partial charge in [0.05, 0.1) is 5.25 Å². The lowest BCUT2D eigenvalue weighted by atomic mass is 10.1. The minimum Gasteiger partial charge on any atom is -0.411 e. The number of rotatable bonds is 6. The molecule has 0 aromatic carbocycles. The van der Waals surface area contributed by atoms with Crippen molar-refractivity contribution < 1.29 is 9.21 Å². The molecule has 1 amide bonds. The van der Waals surface area contributed by atoms with Gasteiger partial charge in [-0.3, -0.25) is 9.78 Å². The van der Waals surface area contributed by atoms with Crippen LogP contribution in [0.1, 0.15) is 52.4 Å². The third-order valence-electron chi connectivity index (χ3n) is 4.63. The summed E-state index contributed by atoms with van der Waals surface area (Å²) >= 11 is 1.35. The Bertz CT molecular complexity index is 697. The van der Waals surface area contributed by atoms with Crippen LogP contribution in [0.4, 0.5) is 0 Å². The third-order valence-corrected chi connectivity index (χ3v) is 6.01. The fraction of sp³-hybridized carbons (Fsp3) is 0.579. The quantitative estimate of drug-likeness (QED) is 0.606. The van der Waals surface area contributed by atoms with Crippen LogP contribution in [0.25, 0.3) is 11.5 Å². The third kappa shape index (κ3) is 5.06. The number of hydrogen-bond acceptors (Lipinski definition) is 6. The molecule has 0 aliphatic heterocycles. The SMILES string of the molecule is CC(C)C(Sc1nnc(-c2ccncc2)o1)C(=O)NC1CCCCCC1. The molecule has 2 aromatic heterocycles. The van der Waals surface area contributed by atoms with Gasteiger partial charge in [0.1, 0.15) is 0 Å².